The van der Waals surface area contributed by atoms with E-state index >= 15 is 0 Å². The zero-order valence-electron chi connectivity index (χ0n) is 12.9. The predicted molar refractivity (Wildman–Crippen MR) is 89.9 cm³/mol. The van der Waals surface area contributed by atoms with Crippen LogP contribution in [-0.2, 0) is 5.41 Å². The Kier molecular flexibility index (Phi) is 4.41. The van der Waals surface area contributed by atoms with E-state index in [-0.39, 0.29) is 5.41 Å². The third kappa shape index (κ3) is 2.77. The molecule has 0 radical (unpaired) electrons. The molecule has 0 saturated heterocycles. The minimum absolute atomic E-state index is 0.149. The molecule has 1 aromatic carbocycles. The Morgan fingerprint density at radius 2 is 1.86 bits per heavy atom. The number of benzene rings is 1. The molecule has 3 heteroatoms. The van der Waals surface area contributed by atoms with Crippen LogP contribution >= 0.6 is 11.3 Å². The lowest BCUT2D eigenvalue weighted by molar-refractivity contribution is 0.344. The topological polar surface area (TPSA) is 24.9 Å². The second-order valence-electron chi connectivity index (χ2n) is 6.10. The van der Waals surface area contributed by atoms with Gasteiger partial charge in [0.15, 0.2) is 0 Å². The number of nitrogens with one attached hydrogen (secondary N) is 1. The monoisotopic (exact) mass is 300 g/mol. The van der Waals surface area contributed by atoms with Crippen molar-refractivity contribution in [2.75, 3.05) is 7.05 Å². The molecule has 0 amide bonds. The normalized spacial score (nSPS) is 19.3. The van der Waals surface area contributed by atoms with Crippen LogP contribution in [0.1, 0.15) is 61.3 Å². The lowest BCUT2D eigenvalue weighted by Crippen LogP contribution is -2.30. The van der Waals surface area contributed by atoms with Gasteiger partial charge in [0, 0.05) is 16.8 Å². The maximum atomic E-state index is 5.01. The highest BCUT2D eigenvalue weighted by atomic mass is 32.1. The van der Waals surface area contributed by atoms with E-state index < -0.39 is 0 Å². The zero-order valence-corrected chi connectivity index (χ0v) is 13.7. The van der Waals surface area contributed by atoms with E-state index in [1.165, 1.54) is 48.4 Å². The summed E-state index contributed by atoms with van der Waals surface area (Å²) in [6.07, 6.45) is 6.45. The second-order valence-corrected chi connectivity index (χ2v) is 6.95. The van der Waals surface area contributed by atoms with Gasteiger partial charge >= 0.3 is 0 Å². The summed E-state index contributed by atoms with van der Waals surface area (Å²) < 4.78 is 0. The molecule has 1 atom stereocenters. The lowest BCUT2D eigenvalue weighted by atomic mass is 9.70. The van der Waals surface area contributed by atoms with E-state index in [0.29, 0.717) is 6.04 Å². The summed E-state index contributed by atoms with van der Waals surface area (Å²) in [7, 11) is 2.00. The molecule has 0 aliphatic heterocycles. The molecule has 21 heavy (non-hydrogen) atoms. The highest BCUT2D eigenvalue weighted by molar-refractivity contribution is 7.09. The van der Waals surface area contributed by atoms with Crippen LogP contribution in [0.2, 0.25) is 0 Å². The fourth-order valence-corrected chi connectivity index (χ4v) is 4.59. The van der Waals surface area contributed by atoms with Gasteiger partial charge in [-0.1, -0.05) is 49.6 Å². The summed E-state index contributed by atoms with van der Waals surface area (Å²) in [6.45, 7) is 2.18. The van der Waals surface area contributed by atoms with Crippen LogP contribution < -0.4 is 5.32 Å². The molecule has 1 N–H and O–H groups in total. The van der Waals surface area contributed by atoms with Crippen LogP contribution in [0.3, 0.4) is 0 Å². The van der Waals surface area contributed by atoms with Crippen molar-refractivity contribution in [3.63, 3.8) is 0 Å². The Morgan fingerprint density at radius 3 is 2.52 bits per heavy atom. The highest BCUT2D eigenvalue weighted by Crippen LogP contribution is 2.46. The van der Waals surface area contributed by atoms with E-state index in [2.05, 4.69) is 48.0 Å². The van der Waals surface area contributed by atoms with E-state index in [4.69, 9.17) is 4.98 Å². The maximum Gasteiger partial charge on any atom is 0.103 e. The van der Waals surface area contributed by atoms with E-state index in [1.54, 1.807) is 0 Å². The molecule has 1 aliphatic carbocycles. The van der Waals surface area contributed by atoms with Crippen LogP contribution in [0.15, 0.2) is 35.7 Å². The van der Waals surface area contributed by atoms with Crippen LogP contribution in [0, 0.1) is 0 Å². The van der Waals surface area contributed by atoms with Gasteiger partial charge < -0.3 is 5.32 Å². The second kappa shape index (κ2) is 6.29. The van der Waals surface area contributed by atoms with Gasteiger partial charge in [-0.05, 0) is 32.4 Å². The van der Waals surface area contributed by atoms with Crippen LogP contribution in [0.5, 0.6) is 0 Å². The number of nitrogens with zero attached hydrogens (tertiary/aromatic N) is 1. The van der Waals surface area contributed by atoms with Crippen molar-refractivity contribution in [1.82, 2.24) is 10.3 Å². The van der Waals surface area contributed by atoms with Crippen molar-refractivity contribution in [1.29, 1.82) is 0 Å². The molecule has 2 nitrogen and oxygen atoms in total. The Balaban J connectivity index is 2.02. The molecule has 1 aliphatic rings. The van der Waals surface area contributed by atoms with Gasteiger partial charge in [-0.2, -0.15) is 0 Å². The molecule has 0 spiro atoms. The minimum Gasteiger partial charge on any atom is -0.312 e. The Hall–Kier alpha value is -1.19. The van der Waals surface area contributed by atoms with Crippen LogP contribution in [-0.4, -0.2) is 12.0 Å². The molecule has 3 rings (SSSR count). The number of aromatic nitrogens is 1. The Bertz CT molecular complexity index is 570. The van der Waals surface area contributed by atoms with E-state index in [1.807, 2.05) is 18.4 Å². The van der Waals surface area contributed by atoms with Crippen molar-refractivity contribution in [2.45, 2.75) is 50.5 Å². The van der Waals surface area contributed by atoms with Crippen molar-refractivity contribution in [2.24, 2.45) is 0 Å². The Morgan fingerprint density at radius 1 is 1.14 bits per heavy atom. The zero-order chi connectivity index (χ0) is 14.7. The molecule has 1 unspecified atom stereocenters. The van der Waals surface area contributed by atoms with Gasteiger partial charge in [-0.15, -0.1) is 11.3 Å². The molecular formula is C18H24N2S. The first kappa shape index (κ1) is 14.7. The molecule has 1 saturated carbocycles. The van der Waals surface area contributed by atoms with Crippen molar-refractivity contribution in [3.8, 4) is 0 Å². The first-order valence-electron chi connectivity index (χ1n) is 7.95. The molecule has 112 valence electrons. The largest absolute Gasteiger partial charge is 0.312 e. The summed E-state index contributed by atoms with van der Waals surface area (Å²) in [6, 6.07) is 11.3. The molecule has 2 aromatic rings. The minimum atomic E-state index is 0.149. The van der Waals surface area contributed by atoms with Gasteiger partial charge in [0.25, 0.3) is 0 Å². The van der Waals surface area contributed by atoms with Crippen molar-refractivity contribution >= 4 is 11.3 Å². The van der Waals surface area contributed by atoms with Crippen molar-refractivity contribution < 1.29 is 0 Å². The summed E-state index contributed by atoms with van der Waals surface area (Å²) in [5.74, 6) is 0. The summed E-state index contributed by atoms with van der Waals surface area (Å²) >= 11 is 1.84. The third-order valence-corrected chi connectivity index (χ3v) is 5.91. The quantitative estimate of drug-likeness (QED) is 0.887. The first-order valence-corrected chi connectivity index (χ1v) is 8.83. The number of hydrogen-bond acceptors (Lipinski definition) is 3. The Labute approximate surface area is 131 Å². The molecule has 0 bridgehead atoms. The SMILES string of the molecule is CNC(C)c1csc(C2(c3ccccc3)CCCCC2)n1. The highest BCUT2D eigenvalue weighted by Gasteiger charge is 2.38. The maximum absolute atomic E-state index is 5.01. The number of hydrogen-bond donors (Lipinski definition) is 1. The molecule has 1 fully saturated rings. The lowest BCUT2D eigenvalue weighted by Gasteiger charge is -2.36. The van der Waals surface area contributed by atoms with Gasteiger partial charge in [-0.3, -0.25) is 0 Å². The molecule has 1 heterocycles. The van der Waals surface area contributed by atoms with Gasteiger partial charge in [0.1, 0.15) is 5.01 Å². The smallest absolute Gasteiger partial charge is 0.103 e. The first-order chi connectivity index (χ1) is 10.3. The number of thiazole rings is 1. The fraction of sp³-hybridized carbons (Fsp3) is 0.500. The average Bonchev–Trinajstić information content (AvgIpc) is 3.06. The van der Waals surface area contributed by atoms with Crippen LogP contribution in [0.25, 0.3) is 0 Å². The summed E-state index contributed by atoms with van der Waals surface area (Å²) in [5.41, 5.74) is 2.77. The average molecular weight is 300 g/mol. The number of rotatable bonds is 4. The van der Waals surface area contributed by atoms with E-state index in [9.17, 15) is 0 Å². The third-order valence-electron chi connectivity index (χ3n) is 4.84. The molecular weight excluding hydrogens is 276 g/mol. The van der Waals surface area contributed by atoms with Gasteiger partial charge in [-0.25, -0.2) is 4.98 Å². The van der Waals surface area contributed by atoms with Crippen molar-refractivity contribution in [3.05, 3.63) is 52.0 Å². The predicted octanol–water partition coefficient (Wildman–Crippen LogP) is 4.67. The van der Waals surface area contributed by atoms with E-state index in [0.717, 1.165) is 0 Å². The van der Waals surface area contributed by atoms with Crippen LogP contribution in [0.4, 0.5) is 0 Å². The molecule has 1 aromatic heterocycles. The standard InChI is InChI=1S/C18H24N2S/c1-14(19-2)16-13-21-17(20-16)18(11-7-4-8-12-18)15-9-5-3-6-10-15/h3,5-6,9-10,13-14,19H,4,7-8,11-12H2,1-2H3. The van der Waals surface area contributed by atoms with Gasteiger partial charge in [0.2, 0.25) is 0 Å². The van der Waals surface area contributed by atoms with Gasteiger partial charge in [0.05, 0.1) is 5.69 Å². The fourth-order valence-electron chi connectivity index (χ4n) is 3.39. The summed E-state index contributed by atoms with van der Waals surface area (Å²) in [5, 5.41) is 6.84. The summed E-state index contributed by atoms with van der Waals surface area (Å²) in [4.78, 5) is 5.01.